The molecule has 0 unspecified atom stereocenters. The van der Waals surface area contributed by atoms with Crippen LogP contribution in [0.4, 0.5) is 0 Å². The second kappa shape index (κ2) is 7.25. The van der Waals surface area contributed by atoms with E-state index >= 15 is 0 Å². The molecule has 3 rings (SSSR count). The number of carbonyl (C=O) groups excluding carboxylic acids is 1. The molecule has 2 heterocycles. The van der Waals surface area contributed by atoms with Crippen LogP contribution in [-0.4, -0.2) is 42.6 Å². The molecule has 2 saturated heterocycles. The SMILES string of the molecule is C[C@H](c1ccccc1)N1CC[C@H](NC(=O)C[C@@H]2CCCO2)C1. The van der Waals surface area contributed by atoms with E-state index in [1.165, 1.54) is 5.56 Å². The lowest BCUT2D eigenvalue weighted by Crippen LogP contribution is -2.38. The van der Waals surface area contributed by atoms with Gasteiger partial charge in [-0.25, -0.2) is 0 Å². The van der Waals surface area contributed by atoms with Crippen molar-refractivity contribution in [3.05, 3.63) is 35.9 Å². The van der Waals surface area contributed by atoms with Gasteiger partial charge in [0.2, 0.25) is 5.91 Å². The Morgan fingerprint density at radius 3 is 2.91 bits per heavy atom. The smallest absolute Gasteiger partial charge is 0.222 e. The van der Waals surface area contributed by atoms with Crippen LogP contribution >= 0.6 is 0 Å². The third-order valence-electron chi connectivity index (χ3n) is 4.85. The Labute approximate surface area is 132 Å². The van der Waals surface area contributed by atoms with Crippen molar-refractivity contribution in [3.63, 3.8) is 0 Å². The molecule has 2 aliphatic rings. The molecule has 0 radical (unpaired) electrons. The van der Waals surface area contributed by atoms with E-state index < -0.39 is 0 Å². The van der Waals surface area contributed by atoms with Crippen LogP contribution in [0.3, 0.4) is 0 Å². The first kappa shape index (κ1) is 15.5. The first-order chi connectivity index (χ1) is 10.7. The number of hydrogen-bond acceptors (Lipinski definition) is 3. The molecule has 1 N–H and O–H groups in total. The van der Waals surface area contributed by atoms with Crippen LogP contribution < -0.4 is 5.32 Å². The number of hydrogen-bond donors (Lipinski definition) is 1. The normalized spacial score (nSPS) is 27.0. The molecule has 22 heavy (non-hydrogen) atoms. The minimum absolute atomic E-state index is 0.140. The fourth-order valence-corrected chi connectivity index (χ4v) is 3.50. The quantitative estimate of drug-likeness (QED) is 0.908. The van der Waals surface area contributed by atoms with Crippen molar-refractivity contribution in [3.8, 4) is 0 Å². The molecule has 0 saturated carbocycles. The highest BCUT2D eigenvalue weighted by atomic mass is 16.5. The van der Waals surface area contributed by atoms with Gasteiger partial charge < -0.3 is 10.1 Å². The minimum atomic E-state index is 0.140. The zero-order chi connectivity index (χ0) is 15.4. The maximum absolute atomic E-state index is 12.1. The molecular weight excluding hydrogens is 276 g/mol. The summed E-state index contributed by atoms with van der Waals surface area (Å²) in [5, 5.41) is 3.18. The number of ether oxygens (including phenoxy) is 1. The average Bonchev–Trinajstić information content (AvgIpc) is 3.19. The molecule has 120 valence electrons. The molecule has 3 atom stereocenters. The number of nitrogens with zero attached hydrogens (tertiary/aromatic N) is 1. The lowest BCUT2D eigenvalue weighted by Gasteiger charge is -2.25. The number of likely N-dealkylation sites (tertiary alicyclic amines) is 1. The van der Waals surface area contributed by atoms with E-state index in [2.05, 4.69) is 41.4 Å². The number of nitrogens with one attached hydrogen (secondary N) is 1. The zero-order valence-electron chi connectivity index (χ0n) is 13.3. The van der Waals surface area contributed by atoms with E-state index in [-0.39, 0.29) is 18.1 Å². The second-order valence-electron chi connectivity index (χ2n) is 6.47. The molecule has 4 heteroatoms. The molecule has 1 aromatic rings. The van der Waals surface area contributed by atoms with Crippen molar-refractivity contribution in [2.75, 3.05) is 19.7 Å². The van der Waals surface area contributed by atoms with Crippen LogP contribution in [0.5, 0.6) is 0 Å². The second-order valence-corrected chi connectivity index (χ2v) is 6.47. The summed E-state index contributed by atoms with van der Waals surface area (Å²) in [4.78, 5) is 14.5. The van der Waals surface area contributed by atoms with Gasteiger partial charge in [-0.3, -0.25) is 9.69 Å². The van der Waals surface area contributed by atoms with Crippen LogP contribution in [0.1, 0.15) is 44.2 Å². The van der Waals surface area contributed by atoms with E-state index in [1.807, 2.05) is 6.07 Å². The van der Waals surface area contributed by atoms with Crippen molar-refractivity contribution in [1.82, 2.24) is 10.2 Å². The van der Waals surface area contributed by atoms with Crippen LogP contribution in [0.25, 0.3) is 0 Å². The van der Waals surface area contributed by atoms with Crippen LogP contribution in [-0.2, 0) is 9.53 Å². The van der Waals surface area contributed by atoms with E-state index in [0.717, 1.165) is 39.0 Å². The number of carbonyl (C=O) groups is 1. The fraction of sp³-hybridized carbons (Fsp3) is 0.611. The summed E-state index contributed by atoms with van der Waals surface area (Å²) in [6.45, 7) is 5.03. The maximum Gasteiger partial charge on any atom is 0.222 e. The van der Waals surface area contributed by atoms with Crippen molar-refractivity contribution < 1.29 is 9.53 Å². The number of benzene rings is 1. The summed E-state index contributed by atoms with van der Waals surface area (Å²) in [7, 11) is 0. The van der Waals surface area contributed by atoms with Crippen molar-refractivity contribution >= 4 is 5.91 Å². The third kappa shape index (κ3) is 3.87. The number of amides is 1. The van der Waals surface area contributed by atoms with Crippen molar-refractivity contribution in [2.45, 2.75) is 50.8 Å². The van der Waals surface area contributed by atoms with Gasteiger partial charge in [0.25, 0.3) is 0 Å². The van der Waals surface area contributed by atoms with Gasteiger partial charge in [0.1, 0.15) is 0 Å². The minimum Gasteiger partial charge on any atom is -0.378 e. The lowest BCUT2D eigenvalue weighted by atomic mass is 10.1. The van der Waals surface area contributed by atoms with Gasteiger partial charge in [0.05, 0.1) is 12.5 Å². The monoisotopic (exact) mass is 302 g/mol. The zero-order valence-corrected chi connectivity index (χ0v) is 13.3. The predicted octanol–water partition coefficient (Wildman–Crippen LogP) is 2.51. The molecular formula is C18H26N2O2. The van der Waals surface area contributed by atoms with Gasteiger partial charge in [-0.05, 0) is 31.7 Å². The van der Waals surface area contributed by atoms with Crippen molar-refractivity contribution in [1.29, 1.82) is 0 Å². The Morgan fingerprint density at radius 2 is 2.18 bits per heavy atom. The molecule has 0 bridgehead atoms. The van der Waals surface area contributed by atoms with Gasteiger partial charge in [0, 0.05) is 31.8 Å². The Morgan fingerprint density at radius 1 is 1.36 bits per heavy atom. The highest BCUT2D eigenvalue weighted by molar-refractivity contribution is 5.76. The summed E-state index contributed by atoms with van der Waals surface area (Å²) in [5.41, 5.74) is 1.34. The number of rotatable bonds is 5. The highest BCUT2D eigenvalue weighted by Gasteiger charge is 2.28. The third-order valence-corrected chi connectivity index (χ3v) is 4.85. The van der Waals surface area contributed by atoms with Crippen molar-refractivity contribution in [2.24, 2.45) is 0 Å². The molecule has 4 nitrogen and oxygen atoms in total. The van der Waals surface area contributed by atoms with E-state index in [9.17, 15) is 4.79 Å². The molecule has 1 amide bonds. The van der Waals surface area contributed by atoms with E-state index in [0.29, 0.717) is 12.5 Å². The van der Waals surface area contributed by atoms with E-state index in [4.69, 9.17) is 4.74 Å². The van der Waals surface area contributed by atoms with Crippen LogP contribution in [0.15, 0.2) is 30.3 Å². The Hall–Kier alpha value is -1.39. The summed E-state index contributed by atoms with van der Waals surface area (Å²) in [6.07, 6.45) is 3.80. The van der Waals surface area contributed by atoms with Gasteiger partial charge in [-0.1, -0.05) is 30.3 Å². The van der Waals surface area contributed by atoms with Gasteiger partial charge >= 0.3 is 0 Å². The van der Waals surface area contributed by atoms with E-state index in [1.54, 1.807) is 0 Å². The molecule has 0 spiro atoms. The lowest BCUT2D eigenvalue weighted by molar-refractivity contribution is -0.123. The van der Waals surface area contributed by atoms with Crippen LogP contribution in [0.2, 0.25) is 0 Å². The highest BCUT2D eigenvalue weighted by Crippen LogP contribution is 2.24. The van der Waals surface area contributed by atoms with Gasteiger partial charge in [0.15, 0.2) is 0 Å². The molecule has 1 aromatic carbocycles. The first-order valence-corrected chi connectivity index (χ1v) is 8.42. The predicted molar refractivity (Wildman–Crippen MR) is 86.6 cm³/mol. The summed E-state index contributed by atoms with van der Waals surface area (Å²) < 4.78 is 5.53. The summed E-state index contributed by atoms with van der Waals surface area (Å²) in [6, 6.07) is 11.3. The van der Waals surface area contributed by atoms with Gasteiger partial charge in [-0.15, -0.1) is 0 Å². The first-order valence-electron chi connectivity index (χ1n) is 8.42. The Bertz CT molecular complexity index is 485. The summed E-state index contributed by atoms with van der Waals surface area (Å²) >= 11 is 0. The standard InChI is InChI=1S/C18H26N2O2/c1-14(15-6-3-2-4-7-15)20-10-9-16(13-20)19-18(21)12-17-8-5-11-22-17/h2-4,6-7,14,16-17H,5,8-13H2,1H3,(H,19,21)/t14-,16+,17+/m1/s1. The van der Waals surface area contributed by atoms with Gasteiger partial charge in [-0.2, -0.15) is 0 Å². The molecule has 2 aliphatic heterocycles. The molecule has 2 fully saturated rings. The fourth-order valence-electron chi connectivity index (χ4n) is 3.50. The summed E-state index contributed by atoms with van der Waals surface area (Å²) in [5.74, 6) is 0.145. The molecule has 0 aliphatic carbocycles. The van der Waals surface area contributed by atoms with Crippen LogP contribution in [0, 0.1) is 0 Å². The Balaban J connectivity index is 1.46. The average molecular weight is 302 g/mol. The Kier molecular flexibility index (Phi) is 5.11. The largest absolute Gasteiger partial charge is 0.378 e. The molecule has 0 aromatic heterocycles. The maximum atomic E-state index is 12.1. The topological polar surface area (TPSA) is 41.6 Å².